The third-order valence-corrected chi connectivity index (χ3v) is 2.80. The van der Waals surface area contributed by atoms with Gasteiger partial charge in [0, 0.05) is 18.7 Å². The van der Waals surface area contributed by atoms with Crippen LogP contribution in [0.2, 0.25) is 0 Å². The van der Waals surface area contributed by atoms with E-state index in [0.717, 1.165) is 0 Å². The molecule has 4 nitrogen and oxygen atoms in total. The van der Waals surface area contributed by atoms with Gasteiger partial charge in [0.1, 0.15) is 11.6 Å². The van der Waals surface area contributed by atoms with Crippen molar-refractivity contribution >= 4 is 0 Å². The number of aromatic hydroxyl groups is 1. The van der Waals surface area contributed by atoms with E-state index in [1.54, 1.807) is 7.05 Å². The molecule has 0 unspecified atom stereocenters. The van der Waals surface area contributed by atoms with Gasteiger partial charge in [-0.25, -0.2) is 9.37 Å². The summed E-state index contributed by atoms with van der Waals surface area (Å²) in [7, 11) is 1.56. The summed E-state index contributed by atoms with van der Waals surface area (Å²) in [6, 6.07) is 3.81. The summed E-state index contributed by atoms with van der Waals surface area (Å²) in [6.45, 7) is 1.82. The van der Waals surface area contributed by atoms with Crippen molar-refractivity contribution in [1.82, 2.24) is 9.55 Å². The fraction of sp³-hybridized carbons (Fsp3) is 0.231. The van der Waals surface area contributed by atoms with Crippen LogP contribution in [0.15, 0.2) is 29.3 Å². The summed E-state index contributed by atoms with van der Waals surface area (Å²) in [6.07, 6.45) is 1.86. The van der Waals surface area contributed by atoms with Crippen LogP contribution in [0.5, 0.6) is 5.75 Å². The summed E-state index contributed by atoms with van der Waals surface area (Å²) < 4.78 is 15.2. The number of hydrogen-bond donors (Lipinski definition) is 1. The molecule has 5 heteroatoms. The molecule has 18 heavy (non-hydrogen) atoms. The van der Waals surface area contributed by atoms with Gasteiger partial charge in [-0.1, -0.05) is 6.92 Å². The quantitative estimate of drug-likeness (QED) is 0.882. The Kier molecular flexibility index (Phi) is 3.14. The zero-order valence-electron chi connectivity index (χ0n) is 10.1. The highest BCUT2D eigenvalue weighted by molar-refractivity contribution is 5.62. The number of phenolic OH excluding ortho intramolecular Hbond substituents is 1. The molecule has 1 aromatic heterocycles. The first-order valence-electron chi connectivity index (χ1n) is 5.57. The molecular weight excluding hydrogens is 235 g/mol. The van der Waals surface area contributed by atoms with E-state index >= 15 is 0 Å². The van der Waals surface area contributed by atoms with E-state index in [1.807, 2.05) is 6.92 Å². The van der Waals surface area contributed by atoms with Gasteiger partial charge in [-0.2, -0.15) is 0 Å². The van der Waals surface area contributed by atoms with Crippen LogP contribution in [0, 0.1) is 5.82 Å². The van der Waals surface area contributed by atoms with Gasteiger partial charge >= 0.3 is 0 Å². The number of halogens is 1. The van der Waals surface area contributed by atoms with Crippen LogP contribution in [-0.2, 0) is 13.5 Å². The summed E-state index contributed by atoms with van der Waals surface area (Å²) >= 11 is 0. The Balaban J connectivity index is 2.60. The molecule has 0 aliphatic rings. The Labute approximate surface area is 103 Å². The van der Waals surface area contributed by atoms with E-state index in [9.17, 15) is 14.3 Å². The van der Waals surface area contributed by atoms with Crippen LogP contribution in [0.3, 0.4) is 0 Å². The van der Waals surface area contributed by atoms with Gasteiger partial charge in [-0.3, -0.25) is 4.79 Å². The predicted molar refractivity (Wildman–Crippen MR) is 65.9 cm³/mol. The number of nitrogens with zero attached hydrogens (tertiary/aromatic N) is 2. The third kappa shape index (κ3) is 2.11. The van der Waals surface area contributed by atoms with Crippen LogP contribution >= 0.6 is 0 Å². The smallest absolute Gasteiger partial charge is 0.253 e. The van der Waals surface area contributed by atoms with E-state index in [-0.39, 0.29) is 22.6 Å². The third-order valence-electron chi connectivity index (χ3n) is 2.80. The Morgan fingerprint density at radius 2 is 2.11 bits per heavy atom. The first kappa shape index (κ1) is 12.3. The molecule has 1 heterocycles. The monoisotopic (exact) mass is 248 g/mol. The minimum Gasteiger partial charge on any atom is -0.508 e. The summed E-state index contributed by atoms with van der Waals surface area (Å²) in [5.74, 6) is -0.484. The molecule has 0 radical (unpaired) electrons. The van der Waals surface area contributed by atoms with Crippen molar-refractivity contribution in [2.24, 2.45) is 7.05 Å². The maximum absolute atomic E-state index is 13.9. The lowest BCUT2D eigenvalue weighted by Crippen LogP contribution is -2.15. The van der Waals surface area contributed by atoms with Gasteiger partial charge in [0.2, 0.25) is 0 Å². The summed E-state index contributed by atoms with van der Waals surface area (Å²) in [5.41, 5.74) is 0.592. The number of aryl methyl sites for hydroxylation is 2. The molecule has 0 saturated heterocycles. The molecule has 2 aromatic rings. The maximum atomic E-state index is 13.9. The normalized spacial score (nSPS) is 10.6. The van der Waals surface area contributed by atoms with E-state index in [0.29, 0.717) is 12.0 Å². The maximum Gasteiger partial charge on any atom is 0.253 e. The number of phenols is 1. The number of hydrogen-bond acceptors (Lipinski definition) is 3. The van der Waals surface area contributed by atoms with Crippen molar-refractivity contribution in [3.63, 3.8) is 0 Å². The lowest BCUT2D eigenvalue weighted by molar-refractivity contribution is 0.466. The van der Waals surface area contributed by atoms with E-state index in [1.165, 1.54) is 29.1 Å². The highest BCUT2D eigenvalue weighted by Crippen LogP contribution is 2.28. The van der Waals surface area contributed by atoms with Crippen LogP contribution in [-0.4, -0.2) is 14.7 Å². The first-order valence-corrected chi connectivity index (χ1v) is 5.57. The Morgan fingerprint density at radius 3 is 2.72 bits per heavy atom. The second-order valence-electron chi connectivity index (χ2n) is 4.04. The van der Waals surface area contributed by atoms with Gasteiger partial charge < -0.3 is 9.67 Å². The number of benzene rings is 1. The number of aromatic nitrogens is 2. The SMILES string of the molecule is CCc1cc(F)c(-c2cc(=O)n(C)cn2)cc1O. The lowest BCUT2D eigenvalue weighted by atomic mass is 10.1. The fourth-order valence-corrected chi connectivity index (χ4v) is 1.69. The van der Waals surface area contributed by atoms with Gasteiger partial charge in [0.05, 0.1) is 12.0 Å². The van der Waals surface area contributed by atoms with Crippen LogP contribution in [0.1, 0.15) is 12.5 Å². The fourth-order valence-electron chi connectivity index (χ4n) is 1.69. The van der Waals surface area contributed by atoms with Gasteiger partial charge in [-0.05, 0) is 24.1 Å². The second-order valence-corrected chi connectivity index (χ2v) is 4.04. The molecule has 1 aromatic carbocycles. The van der Waals surface area contributed by atoms with Crippen molar-refractivity contribution in [1.29, 1.82) is 0 Å². The zero-order chi connectivity index (χ0) is 13.3. The molecule has 0 spiro atoms. The van der Waals surface area contributed by atoms with Gasteiger partial charge in [0.15, 0.2) is 0 Å². The highest BCUT2D eigenvalue weighted by atomic mass is 19.1. The number of rotatable bonds is 2. The standard InChI is InChI=1S/C13H13FN2O2/c1-3-8-4-10(14)9(5-12(8)17)11-6-13(18)16(2)7-15-11/h4-7,17H,3H2,1-2H3. The average Bonchev–Trinajstić information content (AvgIpc) is 2.35. The molecule has 2 rings (SSSR count). The predicted octanol–water partition coefficient (Wildman–Crippen LogP) is 1.85. The van der Waals surface area contributed by atoms with Gasteiger partial charge in [-0.15, -0.1) is 0 Å². The van der Waals surface area contributed by atoms with Gasteiger partial charge in [0.25, 0.3) is 5.56 Å². The molecule has 0 bridgehead atoms. The molecule has 0 fully saturated rings. The van der Waals surface area contributed by atoms with E-state index < -0.39 is 5.82 Å². The molecule has 0 atom stereocenters. The Morgan fingerprint density at radius 1 is 1.39 bits per heavy atom. The molecule has 0 aliphatic heterocycles. The van der Waals surface area contributed by atoms with Crippen molar-refractivity contribution in [2.45, 2.75) is 13.3 Å². The molecular formula is C13H13FN2O2. The van der Waals surface area contributed by atoms with Crippen molar-refractivity contribution < 1.29 is 9.50 Å². The van der Waals surface area contributed by atoms with Crippen molar-refractivity contribution in [3.8, 4) is 17.0 Å². The molecule has 94 valence electrons. The Hall–Kier alpha value is -2.17. The van der Waals surface area contributed by atoms with Crippen molar-refractivity contribution in [3.05, 3.63) is 46.3 Å². The molecule has 0 amide bonds. The Bertz CT molecular complexity index is 650. The minimum absolute atomic E-state index is 0.0105. The highest BCUT2D eigenvalue weighted by Gasteiger charge is 2.11. The first-order chi connectivity index (χ1) is 8.52. The second kappa shape index (κ2) is 4.60. The lowest BCUT2D eigenvalue weighted by Gasteiger charge is -2.07. The summed E-state index contributed by atoms with van der Waals surface area (Å²) in [5, 5.41) is 9.72. The minimum atomic E-state index is -0.495. The molecule has 0 saturated carbocycles. The largest absolute Gasteiger partial charge is 0.508 e. The molecule has 0 aliphatic carbocycles. The average molecular weight is 248 g/mol. The van der Waals surface area contributed by atoms with Crippen LogP contribution in [0.4, 0.5) is 4.39 Å². The molecule has 1 N–H and O–H groups in total. The summed E-state index contributed by atoms with van der Waals surface area (Å²) in [4.78, 5) is 15.4. The van der Waals surface area contributed by atoms with Crippen LogP contribution in [0.25, 0.3) is 11.3 Å². The van der Waals surface area contributed by atoms with E-state index in [4.69, 9.17) is 0 Å². The van der Waals surface area contributed by atoms with Crippen LogP contribution < -0.4 is 5.56 Å². The van der Waals surface area contributed by atoms with Crippen molar-refractivity contribution in [2.75, 3.05) is 0 Å². The zero-order valence-corrected chi connectivity index (χ0v) is 10.1. The topological polar surface area (TPSA) is 55.1 Å². The van der Waals surface area contributed by atoms with E-state index in [2.05, 4.69) is 4.98 Å².